The Kier molecular flexibility index (Phi) is 11.0. The number of nitrogens with one attached hydrogen (secondary N) is 3. The van der Waals surface area contributed by atoms with Gasteiger partial charge in [-0.15, -0.1) is 11.3 Å². The van der Waals surface area contributed by atoms with Crippen LogP contribution >= 0.6 is 27.3 Å². The fourth-order valence-electron chi connectivity index (χ4n) is 4.59. The van der Waals surface area contributed by atoms with Crippen molar-refractivity contribution in [1.29, 1.82) is 0 Å². The molecule has 0 radical (unpaired) electrons. The molecule has 47 heavy (non-hydrogen) atoms. The molecule has 0 fully saturated rings. The predicted molar refractivity (Wildman–Crippen MR) is 192 cm³/mol. The number of hydrogen-bond acceptors (Lipinski definition) is 8. The van der Waals surface area contributed by atoms with Crippen molar-refractivity contribution in [3.63, 3.8) is 0 Å². The van der Waals surface area contributed by atoms with E-state index in [-0.39, 0.29) is 18.4 Å². The zero-order chi connectivity index (χ0) is 33.3. The Bertz CT molecular complexity index is 1910. The molecule has 1 heterocycles. The highest BCUT2D eigenvalue weighted by atomic mass is 79.9. The van der Waals surface area contributed by atoms with Crippen molar-refractivity contribution >= 4 is 61.8 Å². The number of aryl methyl sites for hydroxylation is 3. The van der Waals surface area contributed by atoms with Gasteiger partial charge in [-0.25, -0.2) is 10.4 Å². The molecular weight excluding hydrogens is 678 g/mol. The van der Waals surface area contributed by atoms with Crippen LogP contribution in [0.5, 0.6) is 11.5 Å². The summed E-state index contributed by atoms with van der Waals surface area (Å²) < 4.78 is 12.2. The van der Waals surface area contributed by atoms with Crippen LogP contribution in [0, 0.1) is 20.8 Å². The Morgan fingerprint density at radius 3 is 2.40 bits per heavy atom. The molecule has 0 aliphatic carbocycles. The first-order chi connectivity index (χ1) is 22.7. The van der Waals surface area contributed by atoms with E-state index in [4.69, 9.17) is 9.47 Å². The molecule has 11 heteroatoms. The second-order valence-electron chi connectivity index (χ2n) is 10.7. The van der Waals surface area contributed by atoms with Gasteiger partial charge < -0.3 is 20.1 Å². The zero-order valence-electron chi connectivity index (χ0n) is 26.4. The van der Waals surface area contributed by atoms with Crippen LogP contribution in [0.4, 0.5) is 16.5 Å². The zero-order valence-corrected chi connectivity index (χ0v) is 28.8. The van der Waals surface area contributed by atoms with Gasteiger partial charge in [0.2, 0.25) is 0 Å². The molecule has 0 atom stereocenters. The van der Waals surface area contributed by atoms with Crippen molar-refractivity contribution in [2.75, 3.05) is 23.8 Å². The highest BCUT2D eigenvalue weighted by Crippen LogP contribution is 2.37. The Labute approximate surface area is 286 Å². The fraction of sp³-hybridized carbons (Fsp3) is 0.167. The molecule has 0 bridgehead atoms. The third-order valence-electron chi connectivity index (χ3n) is 6.96. The number of carbonyl (C=O) groups is 2. The number of anilines is 3. The van der Waals surface area contributed by atoms with Gasteiger partial charge in [0.25, 0.3) is 11.8 Å². The lowest BCUT2D eigenvalue weighted by molar-refractivity contribution is -0.118. The van der Waals surface area contributed by atoms with E-state index in [1.54, 1.807) is 24.3 Å². The van der Waals surface area contributed by atoms with Gasteiger partial charge in [-0.1, -0.05) is 47.5 Å². The molecule has 4 aromatic carbocycles. The normalized spacial score (nSPS) is 10.9. The van der Waals surface area contributed by atoms with Crippen LogP contribution in [0.3, 0.4) is 0 Å². The molecule has 0 saturated carbocycles. The fourth-order valence-corrected chi connectivity index (χ4v) is 5.90. The van der Waals surface area contributed by atoms with Crippen LogP contribution in [0.2, 0.25) is 0 Å². The summed E-state index contributed by atoms with van der Waals surface area (Å²) in [5.74, 6) is 0.178. The minimum absolute atomic E-state index is 0.206. The van der Waals surface area contributed by atoms with Gasteiger partial charge in [-0.2, -0.15) is 5.10 Å². The lowest BCUT2D eigenvalue weighted by atomic mass is 10.1. The minimum Gasteiger partial charge on any atom is -0.490 e. The third kappa shape index (κ3) is 9.05. The maximum atomic E-state index is 12.8. The van der Waals surface area contributed by atoms with E-state index >= 15 is 0 Å². The number of thiazole rings is 1. The molecule has 0 spiro atoms. The molecule has 0 unspecified atom stereocenters. The van der Waals surface area contributed by atoms with E-state index < -0.39 is 0 Å². The first-order valence-electron chi connectivity index (χ1n) is 14.9. The third-order valence-corrected chi connectivity index (χ3v) is 8.31. The number of aromatic nitrogens is 1. The van der Waals surface area contributed by atoms with Crippen LogP contribution in [0.15, 0.2) is 93.8 Å². The highest BCUT2D eigenvalue weighted by Gasteiger charge is 2.15. The van der Waals surface area contributed by atoms with Crippen molar-refractivity contribution in [2.24, 2.45) is 5.10 Å². The van der Waals surface area contributed by atoms with E-state index in [2.05, 4.69) is 42.1 Å². The van der Waals surface area contributed by atoms with Gasteiger partial charge in [-0.05, 0) is 97.2 Å². The van der Waals surface area contributed by atoms with Gasteiger partial charge >= 0.3 is 0 Å². The summed E-state index contributed by atoms with van der Waals surface area (Å²) >= 11 is 5.03. The van der Waals surface area contributed by atoms with Crippen LogP contribution in [-0.2, 0) is 4.79 Å². The van der Waals surface area contributed by atoms with Crippen molar-refractivity contribution < 1.29 is 19.1 Å². The number of nitrogens with zero attached hydrogens (tertiary/aromatic N) is 2. The molecule has 3 N–H and O–H groups in total. The van der Waals surface area contributed by atoms with E-state index in [9.17, 15) is 9.59 Å². The van der Waals surface area contributed by atoms with E-state index in [1.165, 1.54) is 23.1 Å². The SMILES string of the molecule is CCOc1cc(/C=N/NC(=O)c2ccc(-c3csc(Nc4ccc(C)cc4)n3)cc2)cc(Br)c1OCC(=O)Nc1ccc(C)cc1C. The molecule has 1 aromatic heterocycles. The summed E-state index contributed by atoms with van der Waals surface area (Å²) in [7, 11) is 0. The van der Waals surface area contributed by atoms with Crippen LogP contribution in [0.1, 0.15) is 39.5 Å². The van der Waals surface area contributed by atoms with Crippen molar-refractivity contribution in [2.45, 2.75) is 27.7 Å². The van der Waals surface area contributed by atoms with Gasteiger partial charge in [0, 0.05) is 27.9 Å². The monoisotopic (exact) mass is 711 g/mol. The summed E-state index contributed by atoms with van der Waals surface area (Å²) in [4.78, 5) is 30.1. The molecule has 240 valence electrons. The molecule has 2 amide bonds. The first kappa shape index (κ1) is 33.4. The molecular formula is C36H34BrN5O4S. The maximum absolute atomic E-state index is 12.8. The predicted octanol–water partition coefficient (Wildman–Crippen LogP) is 8.42. The van der Waals surface area contributed by atoms with Crippen molar-refractivity contribution in [3.05, 3.63) is 117 Å². The quantitative estimate of drug-likeness (QED) is 0.0885. The molecule has 5 rings (SSSR count). The Morgan fingerprint density at radius 1 is 0.936 bits per heavy atom. The summed E-state index contributed by atoms with van der Waals surface area (Å²) in [5, 5.41) is 13.1. The standard InChI is InChI=1S/C36H34BrN5O4S/c1-5-45-32-18-25(17-29(37)34(32)46-20-33(43)40-30-15-8-23(3)16-24(30)4)19-38-42-35(44)27-11-9-26(10-12-27)31-21-47-36(41-31)39-28-13-6-22(2)7-14-28/h6-19,21H,5,20H2,1-4H3,(H,39,41)(H,40,43)(H,42,44)/b38-19+. The minimum atomic E-state index is -0.355. The Morgan fingerprint density at radius 2 is 1.68 bits per heavy atom. The molecule has 9 nitrogen and oxygen atoms in total. The summed E-state index contributed by atoms with van der Waals surface area (Å²) in [5.41, 5.74) is 10.4. The van der Waals surface area contributed by atoms with Crippen molar-refractivity contribution in [1.82, 2.24) is 10.4 Å². The number of hydrogen-bond donors (Lipinski definition) is 3. The molecule has 5 aromatic rings. The van der Waals surface area contributed by atoms with Crippen molar-refractivity contribution in [3.8, 4) is 22.8 Å². The second-order valence-corrected chi connectivity index (χ2v) is 12.4. The van der Waals surface area contributed by atoms with E-state index in [0.717, 1.165) is 38.9 Å². The largest absolute Gasteiger partial charge is 0.490 e. The first-order valence-corrected chi connectivity index (χ1v) is 16.5. The Balaban J connectivity index is 1.17. The maximum Gasteiger partial charge on any atom is 0.271 e. The topological polar surface area (TPSA) is 114 Å². The summed E-state index contributed by atoms with van der Waals surface area (Å²) in [6.07, 6.45) is 1.51. The highest BCUT2D eigenvalue weighted by molar-refractivity contribution is 9.10. The Hall–Kier alpha value is -5.00. The number of ether oxygens (including phenoxy) is 2. The van der Waals surface area contributed by atoms with Crippen LogP contribution < -0.4 is 25.5 Å². The average Bonchev–Trinajstić information content (AvgIpc) is 3.52. The van der Waals surface area contributed by atoms with Crippen LogP contribution in [0.25, 0.3) is 11.3 Å². The van der Waals surface area contributed by atoms with Gasteiger partial charge in [-0.3, -0.25) is 9.59 Å². The second kappa shape index (κ2) is 15.5. The number of halogens is 1. The number of benzene rings is 4. The average molecular weight is 713 g/mol. The number of hydrazone groups is 1. The summed E-state index contributed by atoms with van der Waals surface area (Å²) in [6, 6.07) is 24.6. The molecule has 0 aliphatic rings. The smallest absolute Gasteiger partial charge is 0.271 e. The molecule has 0 aliphatic heterocycles. The lowest BCUT2D eigenvalue weighted by Gasteiger charge is -2.15. The van der Waals surface area contributed by atoms with Gasteiger partial charge in [0.15, 0.2) is 23.2 Å². The number of carbonyl (C=O) groups excluding carboxylic acids is 2. The van der Waals surface area contributed by atoms with Crippen LogP contribution in [-0.4, -0.2) is 36.2 Å². The van der Waals surface area contributed by atoms with Gasteiger partial charge in [0.1, 0.15) is 0 Å². The molecule has 0 saturated heterocycles. The number of amides is 2. The summed E-state index contributed by atoms with van der Waals surface area (Å²) in [6.45, 7) is 8.02. The van der Waals surface area contributed by atoms with E-state index in [0.29, 0.717) is 33.7 Å². The number of rotatable bonds is 12. The lowest BCUT2D eigenvalue weighted by Crippen LogP contribution is -2.21. The van der Waals surface area contributed by atoms with Gasteiger partial charge in [0.05, 0.1) is 23.0 Å². The van der Waals surface area contributed by atoms with E-state index in [1.807, 2.05) is 87.7 Å².